The van der Waals surface area contributed by atoms with E-state index in [-0.39, 0.29) is 46.3 Å². The zero-order valence-electron chi connectivity index (χ0n) is 26.7. The van der Waals surface area contributed by atoms with E-state index in [2.05, 4.69) is 24.5 Å². The number of carbonyl (C=O) groups is 4. The van der Waals surface area contributed by atoms with Crippen LogP contribution in [0.25, 0.3) is 0 Å². The van der Waals surface area contributed by atoms with Crippen molar-refractivity contribution in [2.24, 2.45) is 23.7 Å². The molecule has 0 aromatic heterocycles. The van der Waals surface area contributed by atoms with Crippen LogP contribution in [-0.2, 0) is 9.59 Å². The van der Waals surface area contributed by atoms with E-state index in [1.165, 1.54) is 51.4 Å². The predicted octanol–water partition coefficient (Wildman–Crippen LogP) is 9.11. The van der Waals surface area contributed by atoms with Crippen LogP contribution in [0, 0.1) is 23.7 Å². The summed E-state index contributed by atoms with van der Waals surface area (Å²) in [5.41, 5.74) is 1.75. The van der Waals surface area contributed by atoms with Crippen LogP contribution in [0.3, 0.4) is 0 Å². The van der Waals surface area contributed by atoms with Crippen molar-refractivity contribution < 1.29 is 19.2 Å². The van der Waals surface area contributed by atoms with Gasteiger partial charge in [0.25, 0.3) is 0 Å². The molecule has 0 saturated heterocycles. The van der Waals surface area contributed by atoms with Gasteiger partial charge in [-0.25, -0.2) is 0 Å². The fourth-order valence-electron chi connectivity index (χ4n) is 7.69. The number of carbonyl (C=O) groups excluding carboxylic acids is 4. The third-order valence-corrected chi connectivity index (χ3v) is 10.5. The summed E-state index contributed by atoms with van der Waals surface area (Å²) < 4.78 is 0. The summed E-state index contributed by atoms with van der Waals surface area (Å²) >= 11 is 0. The highest BCUT2D eigenvalue weighted by atomic mass is 16.2. The Morgan fingerprint density at radius 2 is 0.977 bits per heavy atom. The molecule has 2 amide bonds. The number of fused-ring (bicyclic) bond motifs is 2. The second-order valence-corrected chi connectivity index (χ2v) is 13.5. The molecule has 5 rings (SSSR count). The Hall–Kier alpha value is -3.28. The van der Waals surface area contributed by atoms with E-state index in [1.54, 1.807) is 36.4 Å². The molecule has 3 aliphatic rings. The minimum absolute atomic E-state index is 0.0919. The first kappa shape index (κ1) is 32.1. The normalized spacial score (nSPS) is 23.0. The Labute approximate surface area is 263 Å². The first-order valence-corrected chi connectivity index (χ1v) is 17.4. The lowest BCUT2D eigenvalue weighted by molar-refractivity contribution is -0.121. The maximum absolute atomic E-state index is 13.9. The first-order valence-electron chi connectivity index (χ1n) is 17.4. The Balaban J connectivity index is 1.32. The number of unbranched alkanes of at least 4 members (excludes halogenated alkanes) is 4. The molecule has 44 heavy (non-hydrogen) atoms. The van der Waals surface area contributed by atoms with Crippen LogP contribution in [0.5, 0.6) is 0 Å². The van der Waals surface area contributed by atoms with Crippen molar-refractivity contribution in [3.8, 4) is 0 Å². The molecule has 2 aromatic carbocycles. The van der Waals surface area contributed by atoms with E-state index >= 15 is 0 Å². The largest absolute Gasteiger partial charge is 0.325 e. The number of ketones is 2. The summed E-state index contributed by atoms with van der Waals surface area (Å²) in [4.78, 5) is 54.6. The topological polar surface area (TPSA) is 92.3 Å². The number of nitrogens with one attached hydrogen (secondary N) is 2. The van der Waals surface area contributed by atoms with Gasteiger partial charge in [0.1, 0.15) is 0 Å². The van der Waals surface area contributed by atoms with Gasteiger partial charge in [-0.2, -0.15) is 0 Å². The smallest absolute Gasteiger partial charge is 0.227 e. The van der Waals surface area contributed by atoms with Crippen molar-refractivity contribution in [1.29, 1.82) is 0 Å². The maximum atomic E-state index is 13.9. The molecule has 0 radical (unpaired) electrons. The lowest BCUT2D eigenvalue weighted by Gasteiger charge is -2.29. The van der Waals surface area contributed by atoms with Gasteiger partial charge in [0, 0.05) is 23.0 Å². The molecule has 0 atom stereocenters. The van der Waals surface area contributed by atoms with Gasteiger partial charge < -0.3 is 10.6 Å². The van der Waals surface area contributed by atoms with Gasteiger partial charge in [0.15, 0.2) is 11.6 Å². The minimum atomic E-state index is -0.297. The number of anilines is 2. The first-order chi connectivity index (χ1) is 21.4. The summed E-state index contributed by atoms with van der Waals surface area (Å²) in [5, 5.41) is 6.07. The van der Waals surface area contributed by atoms with Gasteiger partial charge in [-0.05, 0) is 75.3 Å². The van der Waals surface area contributed by atoms with Gasteiger partial charge in [-0.3, -0.25) is 19.2 Å². The monoisotopic (exact) mass is 598 g/mol. The Bertz CT molecular complexity index is 1250. The van der Waals surface area contributed by atoms with Crippen LogP contribution < -0.4 is 10.6 Å². The summed E-state index contributed by atoms with van der Waals surface area (Å²) in [7, 11) is 0. The van der Waals surface area contributed by atoms with E-state index in [0.29, 0.717) is 34.3 Å². The SMILES string of the molecule is CCCCCC1CCC(C(=O)Nc2ccc(NC(=O)C3CCC(CCCCC)CC3)c3c2C(=O)c2ccccc2C3=O)CC1. The fourth-order valence-corrected chi connectivity index (χ4v) is 7.69. The van der Waals surface area contributed by atoms with Crippen molar-refractivity contribution in [1.82, 2.24) is 0 Å². The standard InChI is InChI=1S/C38H50N2O4/c1-3-5-7-11-25-15-19-27(20-16-25)37(43)39-31-23-24-32(34-33(31)35(41)29-13-9-10-14-30(29)36(34)42)40-38(44)28-21-17-26(18-22-28)12-8-6-4-2/h9-10,13-14,23-28H,3-8,11-12,15-22H2,1-2H3,(H,39,43)(H,40,44). The van der Waals surface area contributed by atoms with Gasteiger partial charge in [0.05, 0.1) is 22.5 Å². The van der Waals surface area contributed by atoms with Crippen LogP contribution in [0.4, 0.5) is 11.4 Å². The molecule has 2 N–H and O–H groups in total. The minimum Gasteiger partial charge on any atom is -0.325 e. The zero-order valence-corrected chi connectivity index (χ0v) is 26.7. The lowest BCUT2D eigenvalue weighted by Crippen LogP contribution is -2.31. The second-order valence-electron chi connectivity index (χ2n) is 13.5. The highest BCUT2D eigenvalue weighted by Gasteiger charge is 2.36. The average Bonchev–Trinajstić information content (AvgIpc) is 3.05. The number of rotatable bonds is 12. The van der Waals surface area contributed by atoms with E-state index < -0.39 is 0 Å². The number of benzene rings is 2. The molecule has 6 heteroatoms. The predicted molar refractivity (Wildman–Crippen MR) is 176 cm³/mol. The van der Waals surface area contributed by atoms with Crippen molar-refractivity contribution in [2.75, 3.05) is 10.6 Å². The molecule has 2 aromatic rings. The molecule has 0 heterocycles. The van der Waals surface area contributed by atoms with Gasteiger partial charge in [0.2, 0.25) is 11.8 Å². The molecule has 2 fully saturated rings. The molecule has 236 valence electrons. The molecule has 0 spiro atoms. The Morgan fingerprint density at radius 3 is 1.34 bits per heavy atom. The van der Waals surface area contributed by atoms with E-state index in [1.807, 2.05) is 0 Å². The molecule has 0 bridgehead atoms. The van der Waals surface area contributed by atoms with Gasteiger partial charge in [-0.15, -0.1) is 0 Å². The van der Waals surface area contributed by atoms with Crippen molar-refractivity contribution >= 4 is 34.8 Å². The molecule has 6 nitrogen and oxygen atoms in total. The van der Waals surface area contributed by atoms with Crippen LogP contribution in [-0.4, -0.2) is 23.4 Å². The number of hydrogen-bond donors (Lipinski definition) is 2. The maximum Gasteiger partial charge on any atom is 0.227 e. The molecule has 2 saturated carbocycles. The molecule has 0 aliphatic heterocycles. The van der Waals surface area contributed by atoms with Crippen LogP contribution in [0.2, 0.25) is 0 Å². The van der Waals surface area contributed by atoms with Crippen LogP contribution >= 0.6 is 0 Å². The summed E-state index contributed by atoms with van der Waals surface area (Å²) in [6, 6.07) is 10.2. The van der Waals surface area contributed by atoms with E-state index in [4.69, 9.17) is 0 Å². The summed E-state index contributed by atoms with van der Waals surface area (Å²) in [6.07, 6.45) is 17.5. The van der Waals surface area contributed by atoms with E-state index in [9.17, 15) is 19.2 Å². The second kappa shape index (κ2) is 15.1. The lowest BCUT2D eigenvalue weighted by atomic mass is 9.78. The highest BCUT2D eigenvalue weighted by Crippen LogP contribution is 2.39. The third kappa shape index (κ3) is 7.33. The van der Waals surface area contributed by atoms with Crippen molar-refractivity contribution in [2.45, 2.75) is 117 Å². The summed E-state index contributed by atoms with van der Waals surface area (Å²) in [5.74, 6) is 0.387. The van der Waals surface area contributed by atoms with Gasteiger partial charge in [-0.1, -0.05) is 89.5 Å². The molecular formula is C38H50N2O4. The van der Waals surface area contributed by atoms with Crippen LogP contribution in [0.1, 0.15) is 148 Å². The molecular weight excluding hydrogens is 548 g/mol. The quantitative estimate of drug-likeness (QED) is 0.203. The van der Waals surface area contributed by atoms with Crippen LogP contribution in [0.15, 0.2) is 36.4 Å². The molecule has 3 aliphatic carbocycles. The van der Waals surface area contributed by atoms with Crippen molar-refractivity contribution in [3.63, 3.8) is 0 Å². The average molecular weight is 599 g/mol. The van der Waals surface area contributed by atoms with Gasteiger partial charge >= 0.3 is 0 Å². The Morgan fingerprint density at radius 1 is 0.591 bits per heavy atom. The highest BCUT2D eigenvalue weighted by molar-refractivity contribution is 6.32. The Kier molecular flexibility index (Phi) is 11.1. The molecule has 0 unspecified atom stereocenters. The number of hydrogen-bond acceptors (Lipinski definition) is 4. The fraction of sp³-hybridized carbons (Fsp3) is 0.579. The summed E-state index contributed by atoms with van der Waals surface area (Å²) in [6.45, 7) is 4.44. The van der Waals surface area contributed by atoms with E-state index in [0.717, 1.165) is 51.4 Å². The number of amides is 2. The van der Waals surface area contributed by atoms with Crippen molar-refractivity contribution in [3.05, 3.63) is 58.7 Å². The zero-order chi connectivity index (χ0) is 31.1. The third-order valence-electron chi connectivity index (χ3n) is 10.5.